The first kappa shape index (κ1) is 12.9. The van der Waals surface area contributed by atoms with Crippen molar-refractivity contribution in [3.05, 3.63) is 0 Å². The van der Waals surface area contributed by atoms with E-state index in [9.17, 15) is 0 Å². The van der Waals surface area contributed by atoms with Gasteiger partial charge in [-0.25, -0.2) is 0 Å². The normalized spacial score (nSPS) is 21.8. The fourth-order valence-corrected chi connectivity index (χ4v) is 2.41. The maximum Gasteiger partial charge on any atom is 0.0330 e. The Morgan fingerprint density at radius 3 is 2.20 bits per heavy atom. The van der Waals surface area contributed by atoms with E-state index in [2.05, 4.69) is 37.9 Å². The van der Waals surface area contributed by atoms with Gasteiger partial charge in [-0.15, -0.1) is 0 Å². The lowest BCUT2D eigenvalue weighted by Gasteiger charge is -2.50. The minimum atomic E-state index is 0.442. The Balaban J connectivity index is 2.44. The van der Waals surface area contributed by atoms with E-state index in [1.807, 2.05) is 0 Å². The van der Waals surface area contributed by atoms with Crippen molar-refractivity contribution in [2.75, 3.05) is 34.2 Å². The topological polar surface area (TPSA) is 32.5 Å². The van der Waals surface area contributed by atoms with Gasteiger partial charge in [-0.2, -0.15) is 0 Å². The first-order chi connectivity index (χ1) is 7.02. The summed E-state index contributed by atoms with van der Waals surface area (Å²) in [6.07, 6.45) is 5.18. The molecule has 0 heterocycles. The maximum absolute atomic E-state index is 5.60. The molecule has 0 aromatic heterocycles. The minimum absolute atomic E-state index is 0.442. The van der Waals surface area contributed by atoms with Gasteiger partial charge in [0.05, 0.1) is 0 Å². The summed E-state index contributed by atoms with van der Waals surface area (Å²) in [4.78, 5) is 4.87. The molecule has 90 valence electrons. The second-order valence-corrected chi connectivity index (χ2v) is 5.31. The smallest absolute Gasteiger partial charge is 0.0330 e. The second-order valence-electron chi connectivity index (χ2n) is 5.31. The van der Waals surface area contributed by atoms with Gasteiger partial charge >= 0.3 is 0 Å². The van der Waals surface area contributed by atoms with Crippen molar-refractivity contribution in [1.82, 2.24) is 9.80 Å². The molecule has 15 heavy (non-hydrogen) atoms. The average Bonchev–Trinajstić information content (AvgIpc) is 2.10. The van der Waals surface area contributed by atoms with Gasteiger partial charge in [-0.05, 0) is 60.3 Å². The summed E-state index contributed by atoms with van der Waals surface area (Å²) in [7, 11) is 6.64. The van der Waals surface area contributed by atoms with Crippen molar-refractivity contribution in [1.29, 1.82) is 0 Å². The van der Waals surface area contributed by atoms with Gasteiger partial charge in [0.1, 0.15) is 0 Å². The standard InChI is InChI=1S/C12H27N3/c1-11(6-9-13)15(4)10-12(14(2)3)7-5-8-12/h11H,5-10,13H2,1-4H3. The van der Waals surface area contributed by atoms with Crippen LogP contribution in [0.2, 0.25) is 0 Å². The molecular formula is C12H27N3. The SMILES string of the molecule is CC(CCN)N(C)CC1(N(C)C)CCC1. The van der Waals surface area contributed by atoms with Crippen molar-refractivity contribution in [3.63, 3.8) is 0 Å². The molecule has 0 bridgehead atoms. The molecule has 1 unspecified atom stereocenters. The van der Waals surface area contributed by atoms with Crippen LogP contribution in [0.4, 0.5) is 0 Å². The average molecular weight is 213 g/mol. The Labute approximate surface area is 94.6 Å². The molecule has 2 N–H and O–H groups in total. The van der Waals surface area contributed by atoms with E-state index in [0.29, 0.717) is 11.6 Å². The highest BCUT2D eigenvalue weighted by molar-refractivity contribution is 4.98. The summed E-state index contributed by atoms with van der Waals surface area (Å²) < 4.78 is 0. The molecule has 1 saturated carbocycles. The molecule has 0 saturated heterocycles. The Morgan fingerprint density at radius 1 is 1.27 bits per heavy atom. The fourth-order valence-electron chi connectivity index (χ4n) is 2.41. The first-order valence-electron chi connectivity index (χ1n) is 6.09. The number of likely N-dealkylation sites (N-methyl/N-ethyl adjacent to an activating group) is 2. The molecule has 0 spiro atoms. The van der Waals surface area contributed by atoms with E-state index in [4.69, 9.17) is 5.73 Å². The molecule has 1 rings (SSSR count). The third kappa shape index (κ3) is 2.92. The van der Waals surface area contributed by atoms with Crippen molar-refractivity contribution in [2.24, 2.45) is 5.73 Å². The lowest BCUT2D eigenvalue weighted by molar-refractivity contribution is 0.0175. The Kier molecular flexibility index (Phi) is 4.56. The number of rotatable bonds is 6. The molecule has 0 amide bonds. The zero-order chi connectivity index (χ0) is 11.5. The lowest BCUT2D eigenvalue weighted by atomic mass is 9.75. The Bertz CT molecular complexity index is 187. The first-order valence-corrected chi connectivity index (χ1v) is 6.09. The van der Waals surface area contributed by atoms with Gasteiger partial charge in [0.15, 0.2) is 0 Å². The van der Waals surface area contributed by atoms with Crippen LogP contribution in [0.1, 0.15) is 32.6 Å². The van der Waals surface area contributed by atoms with Crippen LogP contribution in [0.15, 0.2) is 0 Å². The summed E-state index contributed by atoms with van der Waals surface area (Å²) in [5, 5.41) is 0. The summed E-state index contributed by atoms with van der Waals surface area (Å²) in [5.41, 5.74) is 6.04. The fraction of sp³-hybridized carbons (Fsp3) is 1.00. The highest BCUT2D eigenvalue weighted by atomic mass is 15.2. The number of hydrogen-bond acceptors (Lipinski definition) is 3. The highest BCUT2D eigenvalue weighted by Gasteiger charge is 2.40. The third-order valence-corrected chi connectivity index (χ3v) is 4.11. The largest absolute Gasteiger partial charge is 0.330 e. The summed E-state index contributed by atoms with van der Waals surface area (Å²) in [6, 6.07) is 0.604. The third-order valence-electron chi connectivity index (χ3n) is 4.11. The predicted octanol–water partition coefficient (Wildman–Crippen LogP) is 1.14. The number of nitrogens with zero attached hydrogens (tertiary/aromatic N) is 2. The summed E-state index contributed by atoms with van der Waals surface area (Å²) >= 11 is 0. The number of hydrogen-bond donors (Lipinski definition) is 1. The van der Waals surface area contributed by atoms with Crippen LogP contribution in [0, 0.1) is 0 Å². The highest BCUT2D eigenvalue weighted by Crippen LogP contribution is 2.36. The van der Waals surface area contributed by atoms with Gasteiger partial charge in [0.25, 0.3) is 0 Å². The van der Waals surface area contributed by atoms with E-state index in [0.717, 1.165) is 13.0 Å². The molecule has 3 heteroatoms. The van der Waals surface area contributed by atoms with Gasteiger partial charge < -0.3 is 15.5 Å². The van der Waals surface area contributed by atoms with Crippen molar-refractivity contribution in [3.8, 4) is 0 Å². The maximum atomic E-state index is 5.60. The molecule has 1 atom stereocenters. The molecule has 3 nitrogen and oxygen atoms in total. The van der Waals surface area contributed by atoms with Gasteiger partial charge in [-0.1, -0.05) is 0 Å². The molecule has 1 fully saturated rings. The van der Waals surface area contributed by atoms with E-state index < -0.39 is 0 Å². The van der Waals surface area contributed by atoms with E-state index >= 15 is 0 Å². The number of nitrogens with two attached hydrogens (primary N) is 1. The van der Waals surface area contributed by atoms with Crippen molar-refractivity contribution < 1.29 is 0 Å². The molecule has 0 aromatic rings. The predicted molar refractivity (Wildman–Crippen MR) is 66.0 cm³/mol. The summed E-state index contributed by atoms with van der Waals surface area (Å²) in [6.45, 7) is 4.25. The van der Waals surface area contributed by atoms with Crippen molar-refractivity contribution in [2.45, 2.75) is 44.2 Å². The van der Waals surface area contributed by atoms with Gasteiger partial charge in [0, 0.05) is 18.1 Å². The second kappa shape index (κ2) is 5.28. The summed E-state index contributed by atoms with van der Waals surface area (Å²) in [5.74, 6) is 0. The Morgan fingerprint density at radius 2 is 1.87 bits per heavy atom. The lowest BCUT2D eigenvalue weighted by Crippen LogP contribution is -2.57. The van der Waals surface area contributed by atoms with Crippen LogP contribution in [0.25, 0.3) is 0 Å². The Hall–Kier alpha value is -0.120. The van der Waals surface area contributed by atoms with Crippen LogP contribution in [0.5, 0.6) is 0 Å². The monoisotopic (exact) mass is 213 g/mol. The molecule has 1 aliphatic rings. The van der Waals surface area contributed by atoms with Crippen molar-refractivity contribution >= 4 is 0 Å². The van der Waals surface area contributed by atoms with Gasteiger partial charge in [-0.3, -0.25) is 0 Å². The molecule has 0 radical (unpaired) electrons. The minimum Gasteiger partial charge on any atom is -0.330 e. The quantitative estimate of drug-likeness (QED) is 0.718. The van der Waals surface area contributed by atoms with Crippen LogP contribution in [-0.4, -0.2) is 55.6 Å². The van der Waals surface area contributed by atoms with E-state index in [-0.39, 0.29) is 0 Å². The zero-order valence-electron chi connectivity index (χ0n) is 10.8. The van der Waals surface area contributed by atoms with E-state index in [1.165, 1.54) is 25.8 Å². The molecule has 0 aromatic carbocycles. The van der Waals surface area contributed by atoms with Gasteiger partial charge in [0.2, 0.25) is 0 Å². The zero-order valence-corrected chi connectivity index (χ0v) is 10.8. The van der Waals surface area contributed by atoms with Crippen LogP contribution >= 0.6 is 0 Å². The van der Waals surface area contributed by atoms with Crippen LogP contribution in [0.3, 0.4) is 0 Å². The van der Waals surface area contributed by atoms with Crippen LogP contribution in [-0.2, 0) is 0 Å². The molecule has 1 aliphatic carbocycles. The molecule has 0 aliphatic heterocycles. The molecular weight excluding hydrogens is 186 g/mol. The van der Waals surface area contributed by atoms with Crippen LogP contribution < -0.4 is 5.73 Å². The van der Waals surface area contributed by atoms with E-state index in [1.54, 1.807) is 0 Å².